The third-order valence-corrected chi connectivity index (χ3v) is 3.29. The molecule has 2 atom stereocenters. The summed E-state index contributed by atoms with van der Waals surface area (Å²) in [6, 6.07) is 3.83. The lowest BCUT2D eigenvalue weighted by Crippen LogP contribution is -2.27. The summed E-state index contributed by atoms with van der Waals surface area (Å²) in [6.07, 6.45) is 5.07. The van der Waals surface area contributed by atoms with Gasteiger partial charge in [0.2, 0.25) is 0 Å². The molecule has 1 aliphatic rings. The lowest BCUT2D eigenvalue weighted by molar-refractivity contribution is -0.0406. The molecule has 1 saturated carbocycles. The maximum absolute atomic E-state index is 5.84. The second-order valence-electron chi connectivity index (χ2n) is 4.53. The Morgan fingerprint density at radius 3 is 2.76 bits per heavy atom. The van der Waals surface area contributed by atoms with Crippen LogP contribution >= 0.6 is 0 Å². The quantitative estimate of drug-likeness (QED) is 0.856. The smallest absolute Gasteiger partial charge is 0.129 e. The van der Waals surface area contributed by atoms with Gasteiger partial charge in [-0.3, -0.25) is 0 Å². The summed E-state index contributed by atoms with van der Waals surface area (Å²) in [5, 5.41) is 0. The topological polar surface area (TPSA) is 57.6 Å². The summed E-state index contributed by atoms with van der Waals surface area (Å²) in [6.45, 7) is 0.969. The summed E-state index contributed by atoms with van der Waals surface area (Å²) in [5.41, 5.74) is 5.49. The SMILES string of the molecule is COC1CCCC(OCc2ccc(CN)o2)C1. The van der Waals surface area contributed by atoms with Gasteiger partial charge in [0, 0.05) is 7.11 Å². The van der Waals surface area contributed by atoms with E-state index >= 15 is 0 Å². The van der Waals surface area contributed by atoms with E-state index in [1.807, 2.05) is 12.1 Å². The molecule has 0 spiro atoms. The molecule has 2 rings (SSSR count). The van der Waals surface area contributed by atoms with Crippen LogP contribution in [-0.2, 0) is 22.6 Å². The Bertz CT molecular complexity index is 337. The average Bonchev–Trinajstić information content (AvgIpc) is 2.84. The molecule has 0 aromatic carbocycles. The minimum atomic E-state index is 0.292. The molecule has 2 unspecified atom stereocenters. The third-order valence-electron chi connectivity index (χ3n) is 3.29. The van der Waals surface area contributed by atoms with Gasteiger partial charge in [0.1, 0.15) is 18.1 Å². The Labute approximate surface area is 102 Å². The number of hydrogen-bond donors (Lipinski definition) is 1. The monoisotopic (exact) mass is 239 g/mol. The molecule has 1 aliphatic carbocycles. The van der Waals surface area contributed by atoms with E-state index in [-0.39, 0.29) is 0 Å². The van der Waals surface area contributed by atoms with Crippen molar-refractivity contribution >= 4 is 0 Å². The molecule has 0 amide bonds. The van der Waals surface area contributed by atoms with E-state index in [1.54, 1.807) is 7.11 Å². The number of ether oxygens (including phenoxy) is 2. The molecule has 4 heteroatoms. The first-order valence-corrected chi connectivity index (χ1v) is 6.24. The molecular formula is C13H21NO3. The van der Waals surface area contributed by atoms with E-state index in [4.69, 9.17) is 19.6 Å². The van der Waals surface area contributed by atoms with E-state index in [9.17, 15) is 0 Å². The number of methoxy groups -OCH3 is 1. The first-order chi connectivity index (χ1) is 8.31. The zero-order valence-corrected chi connectivity index (χ0v) is 10.4. The highest BCUT2D eigenvalue weighted by atomic mass is 16.5. The summed E-state index contributed by atoms with van der Waals surface area (Å²) in [7, 11) is 1.77. The first kappa shape index (κ1) is 12.6. The second-order valence-corrected chi connectivity index (χ2v) is 4.53. The van der Waals surface area contributed by atoms with Crippen LogP contribution in [0.15, 0.2) is 16.5 Å². The van der Waals surface area contributed by atoms with Crippen molar-refractivity contribution in [2.45, 2.75) is 51.0 Å². The molecule has 2 N–H and O–H groups in total. The van der Waals surface area contributed by atoms with E-state index in [2.05, 4.69) is 0 Å². The molecule has 1 aromatic rings. The Morgan fingerprint density at radius 2 is 2.06 bits per heavy atom. The molecule has 17 heavy (non-hydrogen) atoms. The number of rotatable bonds is 5. The van der Waals surface area contributed by atoms with Crippen molar-refractivity contribution in [2.75, 3.05) is 7.11 Å². The average molecular weight is 239 g/mol. The van der Waals surface area contributed by atoms with Crippen molar-refractivity contribution in [1.29, 1.82) is 0 Å². The zero-order valence-electron chi connectivity index (χ0n) is 10.4. The van der Waals surface area contributed by atoms with Crippen molar-refractivity contribution in [3.63, 3.8) is 0 Å². The molecular weight excluding hydrogens is 218 g/mol. The highest BCUT2D eigenvalue weighted by Gasteiger charge is 2.22. The van der Waals surface area contributed by atoms with Crippen LogP contribution in [0.5, 0.6) is 0 Å². The van der Waals surface area contributed by atoms with Gasteiger partial charge in [-0.05, 0) is 37.8 Å². The molecule has 1 aromatic heterocycles. The highest BCUT2D eigenvalue weighted by Crippen LogP contribution is 2.24. The van der Waals surface area contributed by atoms with Crippen LogP contribution in [-0.4, -0.2) is 19.3 Å². The van der Waals surface area contributed by atoms with Crippen molar-refractivity contribution in [2.24, 2.45) is 5.73 Å². The third kappa shape index (κ3) is 3.56. The van der Waals surface area contributed by atoms with Crippen molar-refractivity contribution in [3.05, 3.63) is 23.7 Å². The van der Waals surface area contributed by atoms with Crippen LogP contribution in [0.4, 0.5) is 0 Å². The van der Waals surface area contributed by atoms with Gasteiger partial charge in [-0.2, -0.15) is 0 Å². The molecule has 0 aliphatic heterocycles. The Kier molecular flexibility index (Phi) is 4.59. The summed E-state index contributed by atoms with van der Waals surface area (Å²) in [4.78, 5) is 0. The van der Waals surface area contributed by atoms with Crippen LogP contribution in [0.1, 0.15) is 37.2 Å². The number of furan rings is 1. The normalized spacial score (nSPS) is 25.1. The van der Waals surface area contributed by atoms with Crippen molar-refractivity contribution in [1.82, 2.24) is 0 Å². The lowest BCUT2D eigenvalue weighted by atomic mass is 9.95. The van der Waals surface area contributed by atoms with Gasteiger partial charge in [-0.1, -0.05) is 0 Å². The predicted molar refractivity (Wildman–Crippen MR) is 64.4 cm³/mol. The summed E-state index contributed by atoms with van der Waals surface area (Å²) >= 11 is 0. The first-order valence-electron chi connectivity index (χ1n) is 6.24. The predicted octanol–water partition coefficient (Wildman–Crippen LogP) is 2.21. The fourth-order valence-electron chi connectivity index (χ4n) is 2.28. The Hall–Kier alpha value is -0.840. The van der Waals surface area contributed by atoms with Crippen LogP contribution in [0.25, 0.3) is 0 Å². The second kappa shape index (κ2) is 6.19. The van der Waals surface area contributed by atoms with Crippen LogP contribution < -0.4 is 5.73 Å². The Morgan fingerprint density at radius 1 is 1.29 bits per heavy atom. The Balaban J connectivity index is 1.77. The lowest BCUT2D eigenvalue weighted by Gasteiger charge is -2.27. The van der Waals surface area contributed by atoms with Gasteiger partial charge in [-0.15, -0.1) is 0 Å². The van der Waals surface area contributed by atoms with Gasteiger partial charge in [0.25, 0.3) is 0 Å². The minimum absolute atomic E-state index is 0.292. The van der Waals surface area contributed by atoms with Gasteiger partial charge < -0.3 is 19.6 Å². The maximum atomic E-state index is 5.84. The molecule has 1 fully saturated rings. The van der Waals surface area contributed by atoms with Crippen molar-refractivity contribution < 1.29 is 13.9 Å². The van der Waals surface area contributed by atoms with Gasteiger partial charge in [-0.25, -0.2) is 0 Å². The number of nitrogens with two attached hydrogens (primary N) is 1. The molecule has 1 heterocycles. The summed E-state index contributed by atoms with van der Waals surface area (Å²) < 4.78 is 16.7. The fraction of sp³-hybridized carbons (Fsp3) is 0.692. The largest absolute Gasteiger partial charge is 0.462 e. The minimum Gasteiger partial charge on any atom is -0.462 e. The molecule has 4 nitrogen and oxygen atoms in total. The molecule has 0 saturated heterocycles. The number of hydrogen-bond acceptors (Lipinski definition) is 4. The van der Waals surface area contributed by atoms with Crippen LogP contribution in [0, 0.1) is 0 Å². The van der Waals surface area contributed by atoms with Crippen LogP contribution in [0.3, 0.4) is 0 Å². The zero-order chi connectivity index (χ0) is 12.1. The fourth-order valence-corrected chi connectivity index (χ4v) is 2.28. The van der Waals surface area contributed by atoms with Crippen molar-refractivity contribution in [3.8, 4) is 0 Å². The van der Waals surface area contributed by atoms with E-state index < -0.39 is 0 Å². The molecule has 96 valence electrons. The standard InChI is InChI=1S/C13H21NO3/c1-15-10-3-2-4-11(7-10)16-9-13-6-5-12(8-14)17-13/h5-6,10-11H,2-4,7-9,14H2,1H3. The summed E-state index contributed by atoms with van der Waals surface area (Å²) in [5.74, 6) is 1.66. The molecule has 0 radical (unpaired) electrons. The molecule has 0 bridgehead atoms. The maximum Gasteiger partial charge on any atom is 0.129 e. The highest BCUT2D eigenvalue weighted by molar-refractivity contribution is 5.05. The van der Waals surface area contributed by atoms with E-state index in [1.165, 1.54) is 6.42 Å². The van der Waals surface area contributed by atoms with Gasteiger partial charge in [0.05, 0.1) is 18.8 Å². The van der Waals surface area contributed by atoms with Gasteiger partial charge >= 0.3 is 0 Å². The van der Waals surface area contributed by atoms with E-state index in [0.717, 1.165) is 30.8 Å². The van der Waals surface area contributed by atoms with E-state index in [0.29, 0.717) is 25.4 Å². The van der Waals surface area contributed by atoms with Gasteiger partial charge in [0.15, 0.2) is 0 Å². The van der Waals surface area contributed by atoms with Crippen LogP contribution in [0.2, 0.25) is 0 Å².